The minimum absolute atomic E-state index is 0.154. The van der Waals surface area contributed by atoms with Gasteiger partial charge in [-0.25, -0.2) is 0 Å². The van der Waals surface area contributed by atoms with Crippen LogP contribution in [0, 0.1) is 6.92 Å². The van der Waals surface area contributed by atoms with Crippen LogP contribution in [-0.2, 0) is 20.9 Å². The Morgan fingerprint density at radius 3 is 2.43 bits per heavy atom. The molecule has 1 aromatic carbocycles. The van der Waals surface area contributed by atoms with Crippen molar-refractivity contribution in [3.63, 3.8) is 0 Å². The first kappa shape index (κ1) is 16.8. The largest absolute Gasteiger partial charge is 0.467 e. The zero-order valence-corrected chi connectivity index (χ0v) is 13.2. The van der Waals surface area contributed by atoms with Crippen molar-refractivity contribution in [3.8, 4) is 0 Å². The molecule has 122 valence electrons. The summed E-state index contributed by atoms with van der Waals surface area (Å²) in [4.78, 5) is 23.6. The predicted octanol–water partition coefficient (Wildman–Crippen LogP) is 1.71. The lowest BCUT2D eigenvalue weighted by atomic mass is 10.1. The number of carbonyl (C=O) groups excluding carboxylic acids is 2. The summed E-state index contributed by atoms with van der Waals surface area (Å²) in [6, 6.07) is 11.2. The van der Waals surface area contributed by atoms with Crippen LogP contribution in [0.1, 0.15) is 23.0 Å². The Labute approximate surface area is 134 Å². The van der Waals surface area contributed by atoms with E-state index in [0.29, 0.717) is 12.3 Å². The van der Waals surface area contributed by atoms with E-state index in [9.17, 15) is 9.59 Å². The fourth-order valence-corrected chi connectivity index (χ4v) is 2.01. The second kappa shape index (κ2) is 8.14. The number of hydrogen-bond donors (Lipinski definition) is 2. The van der Waals surface area contributed by atoms with Crippen LogP contribution in [0.4, 0.5) is 0 Å². The normalized spacial score (nSPS) is 11.7. The first-order valence-corrected chi connectivity index (χ1v) is 7.28. The zero-order valence-electron chi connectivity index (χ0n) is 13.2. The quantitative estimate of drug-likeness (QED) is 0.795. The van der Waals surface area contributed by atoms with E-state index in [1.807, 2.05) is 31.2 Å². The number of hydrogen-bond acceptors (Lipinski definition) is 4. The Kier molecular flexibility index (Phi) is 5.94. The molecule has 0 bridgehead atoms. The number of ether oxygens (including phenoxy) is 1. The van der Waals surface area contributed by atoms with Gasteiger partial charge in [0.2, 0.25) is 0 Å². The summed E-state index contributed by atoms with van der Waals surface area (Å²) in [5.41, 5.74) is 2.07. The highest BCUT2D eigenvalue weighted by molar-refractivity contribution is 6.35. The second-order valence-electron chi connectivity index (χ2n) is 5.12. The monoisotopic (exact) mass is 316 g/mol. The Balaban J connectivity index is 1.78. The van der Waals surface area contributed by atoms with Gasteiger partial charge in [-0.3, -0.25) is 9.59 Å². The Morgan fingerprint density at radius 1 is 1.13 bits per heavy atom. The number of furan rings is 1. The molecule has 0 radical (unpaired) electrons. The molecule has 2 N–H and O–H groups in total. The van der Waals surface area contributed by atoms with E-state index in [1.165, 1.54) is 13.4 Å². The van der Waals surface area contributed by atoms with Crippen LogP contribution in [0.5, 0.6) is 0 Å². The molecule has 1 atom stereocenters. The van der Waals surface area contributed by atoms with Crippen LogP contribution < -0.4 is 10.6 Å². The van der Waals surface area contributed by atoms with Gasteiger partial charge in [-0.2, -0.15) is 0 Å². The number of carbonyl (C=O) groups is 2. The third kappa shape index (κ3) is 4.96. The summed E-state index contributed by atoms with van der Waals surface area (Å²) in [6.45, 7) is 2.44. The number of benzene rings is 1. The fraction of sp³-hybridized carbons (Fsp3) is 0.294. The summed E-state index contributed by atoms with van der Waals surface area (Å²) in [6.07, 6.45) is 1.09. The van der Waals surface area contributed by atoms with Crippen molar-refractivity contribution in [2.45, 2.75) is 19.6 Å². The van der Waals surface area contributed by atoms with Gasteiger partial charge in [0.15, 0.2) is 0 Å². The second-order valence-corrected chi connectivity index (χ2v) is 5.12. The molecular formula is C17H20N2O4. The van der Waals surface area contributed by atoms with Crippen molar-refractivity contribution in [2.24, 2.45) is 0 Å². The van der Waals surface area contributed by atoms with E-state index in [2.05, 4.69) is 10.6 Å². The van der Waals surface area contributed by atoms with Gasteiger partial charge in [0, 0.05) is 13.7 Å². The highest BCUT2D eigenvalue weighted by Gasteiger charge is 2.18. The molecule has 0 saturated carbocycles. The Hall–Kier alpha value is -2.60. The summed E-state index contributed by atoms with van der Waals surface area (Å²) < 4.78 is 10.4. The minimum atomic E-state index is -0.703. The maximum atomic E-state index is 11.8. The molecule has 0 aliphatic carbocycles. The van der Waals surface area contributed by atoms with Gasteiger partial charge in [0.1, 0.15) is 11.9 Å². The smallest absolute Gasteiger partial charge is 0.309 e. The molecule has 2 aromatic rings. The van der Waals surface area contributed by atoms with Crippen molar-refractivity contribution in [1.82, 2.24) is 10.6 Å². The lowest BCUT2D eigenvalue weighted by molar-refractivity contribution is -0.139. The van der Waals surface area contributed by atoms with Gasteiger partial charge in [-0.15, -0.1) is 0 Å². The van der Waals surface area contributed by atoms with Crippen LogP contribution >= 0.6 is 0 Å². The molecule has 0 aliphatic heterocycles. The molecule has 6 heteroatoms. The molecule has 2 amide bonds. The van der Waals surface area contributed by atoms with Gasteiger partial charge in [0.25, 0.3) is 0 Å². The van der Waals surface area contributed by atoms with E-state index >= 15 is 0 Å². The summed E-state index contributed by atoms with van der Waals surface area (Å²) in [5, 5.41) is 5.11. The van der Waals surface area contributed by atoms with E-state index in [0.717, 1.165) is 11.1 Å². The van der Waals surface area contributed by atoms with Crippen LogP contribution in [0.2, 0.25) is 0 Å². The number of nitrogens with one attached hydrogen (secondary N) is 2. The van der Waals surface area contributed by atoms with Crippen molar-refractivity contribution in [1.29, 1.82) is 0 Å². The van der Waals surface area contributed by atoms with Gasteiger partial charge in [-0.1, -0.05) is 29.8 Å². The van der Waals surface area contributed by atoms with Crippen molar-refractivity contribution >= 4 is 11.8 Å². The Morgan fingerprint density at radius 2 is 1.83 bits per heavy atom. The molecule has 1 heterocycles. The first-order chi connectivity index (χ1) is 11.1. The number of rotatable bonds is 6. The fourth-order valence-electron chi connectivity index (χ4n) is 2.01. The van der Waals surface area contributed by atoms with Gasteiger partial charge in [-0.05, 0) is 24.6 Å². The molecule has 1 aromatic heterocycles. The minimum Gasteiger partial charge on any atom is -0.467 e. The molecule has 2 rings (SSSR count). The molecule has 23 heavy (non-hydrogen) atoms. The molecule has 1 unspecified atom stereocenters. The van der Waals surface area contributed by atoms with Gasteiger partial charge in [0.05, 0.1) is 12.8 Å². The van der Waals surface area contributed by atoms with Crippen molar-refractivity contribution in [3.05, 3.63) is 59.5 Å². The third-order valence-corrected chi connectivity index (χ3v) is 3.37. The highest BCUT2D eigenvalue weighted by Crippen LogP contribution is 2.15. The summed E-state index contributed by atoms with van der Waals surface area (Å²) in [7, 11) is 1.51. The molecule has 0 fully saturated rings. The van der Waals surface area contributed by atoms with Crippen molar-refractivity contribution in [2.75, 3.05) is 13.7 Å². The highest BCUT2D eigenvalue weighted by atomic mass is 16.5. The van der Waals surface area contributed by atoms with E-state index in [-0.39, 0.29) is 6.54 Å². The standard InChI is InChI=1S/C17H20N2O4/c1-12-5-7-13(8-6-12)10-18-16(20)17(21)19-11-15(22-2)14-4-3-9-23-14/h3-9,15H,10-11H2,1-2H3,(H,18,20)(H,19,21). The zero-order chi connectivity index (χ0) is 16.7. The van der Waals surface area contributed by atoms with Gasteiger partial charge < -0.3 is 19.8 Å². The molecule has 0 saturated heterocycles. The topological polar surface area (TPSA) is 80.6 Å². The van der Waals surface area contributed by atoms with Gasteiger partial charge >= 0.3 is 11.8 Å². The lowest BCUT2D eigenvalue weighted by Crippen LogP contribution is -2.41. The first-order valence-electron chi connectivity index (χ1n) is 7.28. The molecule has 0 spiro atoms. The number of methoxy groups -OCH3 is 1. The van der Waals surface area contributed by atoms with Crippen LogP contribution in [-0.4, -0.2) is 25.5 Å². The maximum Gasteiger partial charge on any atom is 0.309 e. The van der Waals surface area contributed by atoms with E-state index in [1.54, 1.807) is 12.1 Å². The lowest BCUT2D eigenvalue weighted by Gasteiger charge is -2.13. The number of amides is 2. The molecule has 0 aliphatic rings. The Bertz CT molecular complexity index is 635. The third-order valence-electron chi connectivity index (χ3n) is 3.37. The van der Waals surface area contributed by atoms with E-state index in [4.69, 9.17) is 9.15 Å². The number of aryl methyl sites for hydroxylation is 1. The SMILES string of the molecule is COC(CNC(=O)C(=O)NCc1ccc(C)cc1)c1ccco1. The average molecular weight is 316 g/mol. The van der Waals surface area contributed by atoms with Crippen LogP contribution in [0.25, 0.3) is 0 Å². The van der Waals surface area contributed by atoms with Crippen molar-refractivity contribution < 1.29 is 18.7 Å². The van der Waals surface area contributed by atoms with E-state index < -0.39 is 17.9 Å². The maximum absolute atomic E-state index is 11.8. The summed E-state index contributed by atoms with van der Waals surface area (Å²) in [5.74, 6) is -0.793. The summed E-state index contributed by atoms with van der Waals surface area (Å²) >= 11 is 0. The van der Waals surface area contributed by atoms with Crippen LogP contribution in [0.15, 0.2) is 47.1 Å². The molecule has 6 nitrogen and oxygen atoms in total. The molecular weight excluding hydrogens is 296 g/mol. The van der Waals surface area contributed by atoms with Crippen LogP contribution in [0.3, 0.4) is 0 Å². The predicted molar refractivity (Wildman–Crippen MR) is 84.5 cm³/mol. The average Bonchev–Trinajstić information content (AvgIpc) is 3.08.